The number of nitrogens with zero attached hydrogens (tertiary/aromatic N) is 2. The van der Waals surface area contributed by atoms with Crippen molar-refractivity contribution in [3.63, 3.8) is 0 Å². The third-order valence-corrected chi connectivity index (χ3v) is 1.93. The molecule has 0 aliphatic rings. The first-order chi connectivity index (χ1) is 7.86. The Kier molecular flexibility index (Phi) is 6.20. The Bertz CT molecular complexity index is 279. The zero-order valence-electron chi connectivity index (χ0n) is 9.69. The molecule has 1 aromatic heterocycles. The fraction of sp³-hybridized carbons (Fsp3) is 0.600. The van der Waals surface area contributed by atoms with Crippen molar-refractivity contribution in [2.45, 2.75) is 0 Å². The number of hydrogen-bond donors (Lipinski definition) is 2. The van der Waals surface area contributed by atoms with Crippen LogP contribution in [0.1, 0.15) is 0 Å². The van der Waals surface area contributed by atoms with Crippen LogP contribution in [0.4, 0.5) is 5.95 Å². The summed E-state index contributed by atoms with van der Waals surface area (Å²) in [6.45, 7) is 3.19. The standard InChI is InChI=1S/C10H18N4O2/c1-15-6-5-11-3-4-12-10-13-7-9(16-2)8-14-10/h7-8,11H,3-6H2,1-2H3,(H,12,13,14). The van der Waals surface area contributed by atoms with E-state index >= 15 is 0 Å². The smallest absolute Gasteiger partial charge is 0.222 e. The Morgan fingerprint density at radius 3 is 2.50 bits per heavy atom. The number of anilines is 1. The van der Waals surface area contributed by atoms with Crippen molar-refractivity contribution >= 4 is 5.95 Å². The van der Waals surface area contributed by atoms with Crippen molar-refractivity contribution in [2.24, 2.45) is 0 Å². The van der Waals surface area contributed by atoms with E-state index in [9.17, 15) is 0 Å². The number of rotatable bonds is 8. The molecule has 6 heteroatoms. The van der Waals surface area contributed by atoms with Crippen LogP contribution in [-0.2, 0) is 4.74 Å². The Morgan fingerprint density at radius 2 is 1.88 bits per heavy atom. The summed E-state index contributed by atoms with van der Waals surface area (Å²) in [6.07, 6.45) is 3.27. The van der Waals surface area contributed by atoms with E-state index in [2.05, 4.69) is 20.6 Å². The van der Waals surface area contributed by atoms with Crippen molar-refractivity contribution < 1.29 is 9.47 Å². The van der Waals surface area contributed by atoms with Crippen molar-refractivity contribution in [3.05, 3.63) is 12.4 Å². The molecule has 1 aromatic rings. The van der Waals surface area contributed by atoms with Crippen LogP contribution in [0.5, 0.6) is 5.75 Å². The van der Waals surface area contributed by atoms with Gasteiger partial charge in [-0.15, -0.1) is 0 Å². The van der Waals surface area contributed by atoms with Gasteiger partial charge in [0.15, 0.2) is 5.75 Å². The largest absolute Gasteiger partial charge is 0.494 e. The average molecular weight is 226 g/mol. The van der Waals surface area contributed by atoms with Gasteiger partial charge in [0.05, 0.1) is 26.1 Å². The molecule has 0 radical (unpaired) electrons. The highest BCUT2D eigenvalue weighted by molar-refractivity contribution is 5.26. The quantitative estimate of drug-likeness (QED) is 0.614. The second-order valence-electron chi connectivity index (χ2n) is 3.12. The normalized spacial score (nSPS) is 10.1. The van der Waals surface area contributed by atoms with Gasteiger partial charge >= 0.3 is 0 Å². The highest BCUT2D eigenvalue weighted by Crippen LogP contribution is 2.06. The van der Waals surface area contributed by atoms with Gasteiger partial charge in [-0.05, 0) is 0 Å². The first-order valence-electron chi connectivity index (χ1n) is 5.16. The molecule has 0 saturated carbocycles. The molecule has 0 atom stereocenters. The van der Waals surface area contributed by atoms with Crippen LogP contribution in [0.3, 0.4) is 0 Å². The topological polar surface area (TPSA) is 68.3 Å². The van der Waals surface area contributed by atoms with Crippen molar-refractivity contribution in [1.82, 2.24) is 15.3 Å². The Hall–Kier alpha value is -1.40. The molecule has 0 aliphatic carbocycles. The van der Waals surface area contributed by atoms with Crippen molar-refractivity contribution in [1.29, 1.82) is 0 Å². The molecule has 1 heterocycles. The van der Waals surface area contributed by atoms with E-state index in [1.165, 1.54) is 0 Å². The van der Waals surface area contributed by atoms with E-state index < -0.39 is 0 Å². The summed E-state index contributed by atoms with van der Waals surface area (Å²) in [5, 5.41) is 6.30. The van der Waals surface area contributed by atoms with E-state index in [1.54, 1.807) is 26.6 Å². The molecule has 2 N–H and O–H groups in total. The first kappa shape index (κ1) is 12.7. The minimum absolute atomic E-state index is 0.606. The van der Waals surface area contributed by atoms with Crippen LogP contribution < -0.4 is 15.4 Å². The van der Waals surface area contributed by atoms with Crippen LogP contribution in [0.25, 0.3) is 0 Å². The SMILES string of the molecule is COCCNCCNc1ncc(OC)cn1. The Labute approximate surface area is 95.4 Å². The first-order valence-corrected chi connectivity index (χ1v) is 5.16. The van der Waals surface area contributed by atoms with Crippen LogP contribution in [-0.4, -0.2) is 50.4 Å². The lowest BCUT2D eigenvalue weighted by atomic mass is 10.5. The lowest BCUT2D eigenvalue weighted by Crippen LogP contribution is -2.25. The van der Waals surface area contributed by atoms with Gasteiger partial charge in [-0.2, -0.15) is 0 Å². The highest BCUT2D eigenvalue weighted by Gasteiger charge is 1.95. The number of methoxy groups -OCH3 is 2. The zero-order chi connectivity index (χ0) is 11.6. The van der Waals surface area contributed by atoms with Gasteiger partial charge in [-0.25, -0.2) is 9.97 Å². The summed E-state index contributed by atoms with van der Waals surface area (Å²) >= 11 is 0. The molecule has 1 rings (SSSR count). The monoisotopic (exact) mass is 226 g/mol. The maximum absolute atomic E-state index is 4.96. The molecule has 0 unspecified atom stereocenters. The van der Waals surface area contributed by atoms with Crippen LogP contribution in [0.15, 0.2) is 12.4 Å². The van der Waals surface area contributed by atoms with Gasteiger partial charge in [-0.3, -0.25) is 0 Å². The second-order valence-corrected chi connectivity index (χ2v) is 3.12. The number of hydrogen-bond acceptors (Lipinski definition) is 6. The maximum atomic E-state index is 4.96. The van der Waals surface area contributed by atoms with Gasteiger partial charge in [0.25, 0.3) is 0 Å². The maximum Gasteiger partial charge on any atom is 0.222 e. The van der Waals surface area contributed by atoms with Crippen LogP contribution >= 0.6 is 0 Å². The van der Waals surface area contributed by atoms with Gasteiger partial charge in [0.2, 0.25) is 5.95 Å². The van der Waals surface area contributed by atoms with E-state index in [0.717, 1.165) is 26.2 Å². The summed E-state index contributed by atoms with van der Waals surface area (Å²) < 4.78 is 9.87. The van der Waals surface area contributed by atoms with E-state index in [4.69, 9.17) is 9.47 Å². The summed E-state index contributed by atoms with van der Waals surface area (Å²) in [6, 6.07) is 0. The molecule has 0 saturated heterocycles. The molecule has 0 aliphatic heterocycles. The molecule has 16 heavy (non-hydrogen) atoms. The highest BCUT2D eigenvalue weighted by atomic mass is 16.5. The van der Waals surface area contributed by atoms with Crippen LogP contribution in [0.2, 0.25) is 0 Å². The fourth-order valence-electron chi connectivity index (χ4n) is 1.07. The predicted molar refractivity (Wildman–Crippen MR) is 61.8 cm³/mol. The zero-order valence-corrected chi connectivity index (χ0v) is 9.69. The summed E-state index contributed by atoms with van der Waals surface area (Å²) in [5.74, 6) is 1.26. The average Bonchev–Trinajstić information content (AvgIpc) is 2.34. The molecule has 0 spiro atoms. The number of nitrogens with one attached hydrogen (secondary N) is 2. The molecule has 90 valence electrons. The fourth-order valence-corrected chi connectivity index (χ4v) is 1.07. The van der Waals surface area contributed by atoms with Gasteiger partial charge < -0.3 is 20.1 Å². The minimum Gasteiger partial charge on any atom is -0.494 e. The molecule has 6 nitrogen and oxygen atoms in total. The summed E-state index contributed by atoms with van der Waals surface area (Å²) in [4.78, 5) is 8.17. The molecular formula is C10H18N4O2. The van der Waals surface area contributed by atoms with Gasteiger partial charge in [0.1, 0.15) is 0 Å². The van der Waals surface area contributed by atoms with Crippen molar-refractivity contribution in [2.75, 3.05) is 45.8 Å². The van der Waals surface area contributed by atoms with E-state index in [1.807, 2.05) is 0 Å². The van der Waals surface area contributed by atoms with E-state index in [0.29, 0.717) is 11.7 Å². The molecule has 0 bridgehead atoms. The van der Waals surface area contributed by atoms with Crippen molar-refractivity contribution in [3.8, 4) is 5.75 Å². The molecular weight excluding hydrogens is 208 g/mol. The summed E-state index contributed by atoms with van der Waals surface area (Å²) in [5.41, 5.74) is 0. The third-order valence-electron chi connectivity index (χ3n) is 1.93. The van der Waals surface area contributed by atoms with E-state index in [-0.39, 0.29) is 0 Å². The predicted octanol–water partition coefficient (Wildman–Crippen LogP) is 0.133. The number of ether oxygens (including phenoxy) is 2. The molecule has 0 fully saturated rings. The molecule has 0 aromatic carbocycles. The number of aromatic nitrogens is 2. The minimum atomic E-state index is 0.606. The van der Waals surface area contributed by atoms with Crippen LogP contribution in [0, 0.1) is 0 Å². The molecule has 0 amide bonds. The lowest BCUT2D eigenvalue weighted by molar-refractivity contribution is 0.200. The Balaban J connectivity index is 2.12. The lowest BCUT2D eigenvalue weighted by Gasteiger charge is -2.06. The van der Waals surface area contributed by atoms with Gasteiger partial charge in [-0.1, -0.05) is 0 Å². The Morgan fingerprint density at radius 1 is 1.12 bits per heavy atom. The summed E-state index contributed by atoms with van der Waals surface area (Å²) in [7, 11) is 3.27. The third kappa shape index (κ3) is 4.90. The second kappa shape index (κ2) is 7.84. The van der Waals surface area contributed by atoms with Gasteiger partial charge in [0, 0.05) is 26.7 Å².